The maximum absolute atomic E-state index is 5.46. The van der Waals surface area contributed by atoms with Crippen molar-refractivity contribution in [1.82, 2.24) is 4.90 Å². The highest BCUT2D eigenvalue weighted by molar-refractivity contribution is 5.46. The van der Waals surface area contributed by atoms with Crippen LogP contribution < -0.4 is 9.47 Å². The van der Waals surface area contributed by atoms with Crippen LogP contribution in [0.1, 0.15) is 11.1 Å². The van der Waals surface area contributed by atoms with Gasteiger partial charge in [0.2, 0.25) is 0 Å². The maximum Gasteiger partial charge on any atom is 0.161 e. The summed E-state index contributed by atoms with van der Waals surface area (Å²) in [7, 11) is 3.41. The Balaban J connectivity index is 1.86. The number of methoxy groups -OCH3 is 2. The van der Waals surface area contributed by atoms with E-state index in [0.717, 1.165) is 18.0 Å². The second kappa shape index (κ2) is 5.26. The first-order valence-corrected chi connectivity index (χ1v) is 7.45. The van der Waals surface area contributed by atoms with Gasteiger partial charge in [-0.05, 0) is 24.6 Å². The molecule has 20 heavy (non-hydrogen) atoms. The number of hydrogen-bond acceptors (Lipinski definition) is 3. The summed E-state index contributed by atoms with van der Waals surface area (Å²) < 4.78 is 12.1. The number of quaternary nitrogens is 1. The lowest BCUT2D eigenvalue weighted by atomic mass is 10.0. The van der Waals surface area contributed by atoms with Gasteiger partial charge in [0, 0.05) is 25.2 Å². The molecule has 3 aliphatic rings. The summed E-state index contributed by atoms with van der Waals surface area (Å²) in [5, 5.41) is 0. The molecule has 3 aliphatic heterocycles. The third-order valence-electron chi connectivity index (χ3n) is 5.02. The number of fused-ring (bicyclic) bond motifs is 3. The summed E-state index contributed by atoms with van der Waals surface area (Å²) in [5.74, 6) is 1.68. The Bertz CT molecular complexity index is 480. The van der Waals surface area contributed by atoms with Crippen molar-refractivity contribution in [3.05, 3.63) is 23.3 Å². The van der Waals surface area contributed by atoms with E-state index in [1.165, 1.54) is 54.9 Å². The third kappa shape index (κ3) is 2.38. The van der Waals surface area contributed by atoms with Gasteiger partial charge in [-0.1, -0.05) is 0 Å². The average molecular weight is 277 g/mol. The molecule has 0 saturated carbocycles. The van der Waals surface area contributed by atoms with Crippen LogP contribution in [0.15, 0.2) is 12.1 Å². The van der Waals surface area contributed by atoms with Crippen molar-refractivity contribution in [2.45, 2.75) is 13.5 Å². The van der Waals surface area contributed by atoms with Gasteiger partial charge in [0.25, 0.3) is 0 Å². The first-order valence-electron chi connectivity index (χ1n) is 7.45. The van der Waals surface area contributed by atoms with Gasteiger partial charge in [0.1, 0.15) is 6.54 Å². The van der Waals surface area contributed by atoms with Crippen LogP contribution in [0.2, 0.25) is 0 Å². The molecule has 4 nitrogen and oxygen atoms in total. The molecule has 110 valence electrons. The summed E-state index contributed by atoms with van der Waals surface area (Å²) in [5.41, 5.74) is 2.71. The normalized spacial score (nSPS) is 28.4. The van der Waals surface area contributed by atoms with Crippen molar-refractivity contribution in [2.24, 2.45) is 0 Å². The summed E-state index contributed by atoms with van der Waals surface area (Å²) in [4.78, 5) is 2.58. The smallest absolute Gasteiger partial charge is 0.161 e. The van der Waals surface area contributed by atoms with Crippen molar-refractivity contribution >= 4 is 0 Å². The van der Waals surface area contributed by atoms with Crippen molar-refractivity contribution in [3.63, 3.8) is 0 Å². The van der Waals surface area contributed by atoms with E-state index in [4.69, 9.17) is 9.47 Å². The molecule has 0 aromatic heterocycles. The minimum absolute atomic E-state index is 0.831. The molecule has 3 fully saturated rings. The molecular formula is C16H25N2O2+. The predicted octanol–water partition coefficient (Wildman–Crippen LogP) is 1.66. The SMILES string of the molecule is COc1cc(C)c(C[N+]23CCN(CC2)CC3)cc1OC. The zero-order valence-electron chi connectivity index (χ0n) is 12.8. The molecule has 3 heterocycles. The number of hydrogen-bond donors (Lipinski definition) is 0. The van der Waals surface area contributed by atoms with Gasteiger partial charge in [-0.2, -0.15) is 0 Å². The van der Waals surface area contributed by atoms with Gasteiger partial charge >= 0.3 is 0 Å². The predicted molar refractivity (Wildman–Crippen MR) is 79.3 cm³/mol. The van der Waals surface area contributed by atoms with Crippen molar-refractivity contribution in [2.75, 3.05) is 53.5 Å². The van der Waals surface area contributed by atoms with Crippen LogP contribution in [-0.4, -0.2) is 62.9 Å². The summed E-state index contributed by atoms with van der Waals surface area (Å²) >= 11 is 0. The van der Waals surface area contributed by atoms with Gasteiger partial charge in [-0.25, -0.2) is 0 Å². The van der Waals surface area contributed by atoms with Crippen LogP contribution in [0.25, 0.3) is 0 Å². The van der Waals surface area contributed by atoms with Gasteiger partial charge in [0.15, 0.2) is 11.5 Å². The zero-order valence-corrected chi connectivity index (χ0v) is 12.8. The van der Waals surface area contributed by atoms with Crippen LogP contribution in [-0.2, 0) is 6.54 Å². The number of benzene rings is 1. The lowest BCUT2D eigenvalue weighted by Crippen LogP contribution is -2.66. The molecule has 4 rings (SSSR count). The van der Waals surface area contributed by atoms with Crippen LogP contribution in [0.4, 0.5) is 0 Å². The Hall–Kier alpha value is -1.26. The average Bonchev–Trinajstić information content (AvgIpc) is 2.50. The summed E-state index contributed by atoms with van der Waals surface area (Å²) in [6.45, 7) is 10.9. The highest BCUT2D eigenvalue weighted by atomic mass is 16.5. The number of rotatable bonds is 4. The van der Waals surface area contributed by atoms with E-state index in [-0.39, 0.29) is 0 Å². The topological polar surface area (TPSA) is 21.7 Å². The fraction of sp³-hybridized carbons (Fsp3) is 0.625. The number of ether oxygens (including phenoxy) is 2. The van der Waals surface area contributed by atoms with Crippen molar-refractivity contribution in [1.29, 1.82) is 0 Å². The first kappa shape index (κ1) is 13.7. The fourth-order valence-corrected chi connectivity index (χ4v) is 3.52. The first-order chi connectivity index (χ1) is 9.65. The molecular weight excluding hydrogens is 252 g/mol. The molecule has 0 spiro atoms. The van der Waals surface area contributed by atoms with Gasteiger partial charge < -0.3 is 14.0 Å². The minimum Gasteiger partial charge on any atom is -0.493 e. The quantitative estimate of drug-likeness (QED) is 0.781. The van der Waals surface area contributed by atoms with Crippen LogP contribution >= 0.6 is 0 Å². The van der Waals surface area contributed by atoms with Crippen molar-refractivity contribution in [3.8, 4) is 11.5 Å². The second-order valence-corrected chi connectivity index (χ2v) is 6.15. The zero-order chi connectivity index (χ0) is 14.2. The number of nitrogens with zero attached hydrogens (tertiary/aromatic N) is 2. The molecule has 4 heteroatoms. The number of piperazine rings is 3. The van der Waals surface area contributed by atoms with Crippen molar-refractivity contribution < 1.29 is 14.0 Å². The maximum atomic E-state index is 5.46. The van der Waals surface area contributed by atoms with E-state index in [2.05, 4.69) is 24.0 Å². The molecule has 0 radical (unpaired) electrons. The van der Waals surface area contributed by atoms with Gasteiger partial charge in [-0.3, -0.25) is 4.90 Å². The Kier molecular flexibility index (Phi) is 3.61. The Labute approximate surface area is 121 Å². The Morgan fingerprint density at radius 2 is 1.55 bits per heavy atom. The molecule has 0 atom stereocenters. The van der Waals surface area contributed by atoms with E-state index < -0.39 is 0 Å². The molecule has 1 aromatic rings. The standard InChI is InChI=1S/C16H25N2O2/c1-13-10-15(19-2)16(20-3)11-14(13)12-18-7-4-17(5-8-18)6-9-18/h10-11H,4-9,12H2,1-3H3/q+1. The van der Waals surface area contributed by atoms with E-state index in [1.54, 1.807) is 14.2 Å². The molecule has 2 bridgehead atoms. The number of aryl methyl sites for hydroxylation is 1. The fourth-order valence-electron chi connectivity index (χ4n) is 3.52. The largest absolute Gasteiger partial charge is 0.493 e. The Morgan fingerprint density at radius 1 is 1.00 bits per heavy atom. The summed E-state index contributed by atoms with van der Waals surface area (Å²) in [6.07, 6.45) is 0. The summed E-state index contributed by atoms with van der Waals surface area (Å²) in [6, 6.07) is 4.27. The minimum atomic E-state index is 0.831. The molecule has 0 aliphatic carbocycles. The molecule has 0 N–H and O–H groups in total. The highest BCUT2D eigenvalue weighted by Gasteiger charge is 2.38. The van der Waals surface area contributed by atoms with Crippen LogP contribution in [0, 0.1) is 6.92 Å². The molecule has 0 unspecified atom stereocenters. The lowest BCUT2D eigenvalue weighted by molar-refractivity contribution is -0.953. The highest BCUT2D eigenvalue weighted by Crippen LogP contribution is 2.33. The Morgan fingerprint density at radius 3 is 2.10 bits per heavy atom. The third-order valence-corrected chi connectivity index (χ3v) is 5.02. The van der Waals surface area contributed by atoms with E-state index in [9.17, 15) is 0 Å². The van der Waals surface area contributed by atoms with Crippen LogP contribution in [0.3, 0.4) is 0 Å². The molecule has 1 aromatic carbocycles. The molecule has 3 saturated heterocycles. The van der Waals surface area contributed by atoms with E-state index in [1.807, 2.05) is 0 Å². The van der Waals surface area contributed by atoms with Crippen LogP contribution in [0.5, 0.6) is 11.5 Å². The second-order valence-electron chi connectivity index (χ2n) is 6.15. The molecule has 0 amide bonds. The van der Waals surface area contributed by atoms with E-state index in [0.29, 0.717) is 0 Å². The monoisotopic (exact) mass is 277 g/mol. The van der Waals surface area contributed by atoms with E-state index >= 15 is 0 Å². The van der Waals surface area contributed by atoms with Gasteiger partial charge in [0.05, 0.1) is 33.9 Å². The lowest BCUT2D eigenvalue weighted by Gasteiger charge is -2.50. The van der Waals surface area contributed by atoms with Gasteiger partial charge in [-0.15, -0.1) is 0 Å².